The Morgan fingerprint density at radius 2 is 1.32 bits per heavy atom. The molecule has 1 nitrogen and oxygen atoms in total. The Hall–Kier alpha value is -0.480. The number of hydrogen-bond acceptors (Lipinski definition) is 2. The maximum Gasteiger partial charge on any atom is 0.0851 e. The predicted octanol–water partition coefficient (Wildman–Crippen LogP) is 5.09. The van der Waals surface area contributed by atoms with E-state index in [1.807, 2.05) is 48.5 Å². The molecule has 0 saturated carbocycles. The Morgan fingerprint density at radius 3 is 1.84 bits per heavy atom. The van der Waals surface area contributed by atoms with Gasteiger partial charge in [-0.15, -0.1) is 0 Å². The van der Waals surface area contributed by atoms with Gasteiger partial charge in [0.1, 0.15) is 0 Å². The van der Waals surface area contributed by atoms with Crippen LogP contribution in [0.2, 0.25) is 10.0 Å². The van der Waals surface area contributed by atoms with Gasteiger partial charge < -0.3 is 0 Å². The molecule has 0 N–H and O–H groups in total. The van der Waals surface area contributed by atoms with Gasteiger partial charge in [0.25, 0.3) is 0 Å². The molecule has 0 bridgehead atoms. The second-order valence-electron chi connectivity index (χ2n) is 3.96. The minimum atomic E-state index is -0.943. The summed E-state index contributed by atoms with van der Waals surface area (Å²) < 4.78 is 12.0. The molecular weight excluding hydrogens is 319 g/mol. The fourth-order valence-electron chi connectivity index (χ4n) is 1.47. The molecule has 2 aromatic carbocycles. The molecule has 0 heterocycles. The quantitative estimate of drug-likeness (QED) is 0.710. The van der Waals surface area contributed by atoms with Crippen molar-refractivity contribution in [1.82, 2.24) is 0 Å². The Labute approximate surface area is 129 Å². The summed E-state index contributed by atoms with van der Waals surface area (Å²) in [5.41, 5.74) is 2.16. The molecule has 19 heavy (non-hydrogen) atoms. The van der Waals surface area contributed by atoms with Crippen molar-refractivity contribution in [2.75, 3.05) is 0 Å². The zero-order chi connectivity index (χ0) is 13.7. The van der Waals surface area contributed by atoms with Gasteiger partial charge in [0.05, 0.1) is 15.6 Å². The molecule has 0 aliphatic heterocycles. The fraction of sp³-hybridized carbons (Fsp3) is 0.143. The highest BCUT2D eigenvalue weighted by molar-refractivity contribution is 8.68. The molecule has 0 amide bonds. The van der Waals surface area contributed by atoms with Crippen molar-refractivity contribution in [3.63, 3.8) is 0 Å². The summed E-state index contributed by atoms with van der Waals surface area (Å²) in [6.45, 7) is 0. The first kappa shape index (κ1) is 14.9. The SMILES string of the molecule is O=S(Cc1ccc(Cl)cc1)SCc1ccc(Cl)cc1. The molecule has 0 saturated heterocycles. The molecule has 0 aromatic heterocycles. The van der Waals surface area contributed by atoms with Crippen molar-refractivity contribution in [1.29, 1.82) is 0 Å². The molecule has 100 valence electrons. The van der Waals surface area contributed by atoms with E-state index < -0.39 is 9.83 Å². The van der Waals surface area contributed by atoms with E-state index in [4.69, 9.17) is 23.2 Å². The van der Waals surface area contributed by atoms with Gasteiger partial charge in [-0.05, 0) is 35.4 Å². The first-order valence-corrected chi connectivity index (χ1v) is 9.22. The third-order valence-electron chi connectivity index (χ3n) is 2.47. The minimum Gasteiger partial charge on any atom is -0.248 e. The van der Waals surface area contributed by atoms with E-state index in [1.54, 1.807) is 0 Å². The van der Waals surface area contributed by atoms with Crippen LogP contribution >= 0.6 is 34.0 Å². The summed E-state index contributed by atoms with van der Waals surface area (Å²) in [6.07, 6.45) is 0. The van der Waals surface area contributed by atoms with Crippen LogP contribution in [0.3, 0.4) is 0 Å². The van der Waals surface area contributed by atoms with Gasteiger partial charge in [-0.25, -0.2) is 4.21 Å². The number of halogens is 2. The second-order valence-corrected chi connectivity index (χ2v) is 8.08. The molecule has 0 fully saturated rings. The van der Waals surface area contributed by atoms with Crippen LogP contribution in [0, 0.1) is 0 Å². The standard InChI is InChI=1S/C14H12Cl2OS2/c15-13-5-1-11(2-6-13)9-18-19(17)10-12-3-7-14(16)8-4-12/h1-8H,9-10H2. The Balaban J connectivity index is 1.84. The second kappa shape index (κ2) is 7.34. The largest absolute Gasteiger partial charge is 0.248 e. The molecule has 0 spiro atoms. The van der Waals surface area contributed by atoms with Crippen molar-refractivity contribution in [2.45, 2.75) is 11.5 Å². The predicted molar refractivity (Wildman–Crippen MR) is 86.0 cm³/mol. The van der Waals surface area contributed by atoms with Crippen molar-refractivity contribution in [2.24, 2.45) is 0 Å². The number of hydrogen-bond donors (Lipinski definition) is 0. The van der Waals surface area contributed by atoms with Gasteiger partial charge in [-0.2, -0.15) is 0 Å². The zero-order valence-electron chi connectivity index (χ0n) is 10.0. The summed E-state index contributed by atoms with van der Waals surface area (Å²) >= 11 is 11.6. The highest BCUT2D eigenvalue weighted by atomic mass is 35.5. The van der Waals surface area contributed by atoms with Crippen LogP contribution in [0.25, 0.3) is 0 Å². The number of benzene rings is 2. The van der Waals surface area contributed by atoms with E-state index >= 15 is 0 Å². The van der Waals surface area contributed by atoms with Gasteiger partial charge in [-0.3, -0.25) is 0 Å². The fourth-order valence-corrected chi connectivity index (χ4v) is 4.19. The molecule has 2 rings (SSSR count). The van der Waals surface area contributed by atoms with Gasteiger partial charge >= 0.3 is 0 Å². The Bertz CT molecular complexity index is 553. The van der Waals surface area contributed by atoms with E-state index in [9.17, 15) is 4.21 Å². The lowest BCUT2D eigenvalue weighted by atomic mass is 10.2. The topological polar surface area (TPSA) is 17.1 Å². The minimum absolute atomic E-state index is 0.537. The van der Waals surface area contributed by atoms with Crippen LogP contribution in [0.5, 0.6) is 0 Å². The normalized spacial score (nSPS) is 12.3. The molecule has 0 aliphatic rings. The van der Waals surface area contributed by atoms with Crippen molar-refractivity contribution in [3.8, 4) is 0 Å². The molecule has 1 atom stereocenters. The maximum atomic E-state index is 12.0. The lowest BCUT2D eigenvalue weighted by Gasteiger charge is -2.03. The van der Waals surface area contributed by atoms with Crippen LogP contribution in [-0.2, 0) is 21.3 Å². The van der Waals surface area contributed by atoms with E-state index in [0.29, 0.717) is 10.8 Å². The van der Waals surface area contributed by atoms with Crippen molar-refractivity contribution in [3.05, 3.63) is 69.7 Å². The molecule has 0 aliphatic carbocycles. The first-order valence-electron chi connectivity index (χ1n) is 5.64. The lowest BCUT2D eigenvalue weighted by Crippen LogP contribution is -1.91. The molecule has 1 unspecified atom stereocenters. The zero-order valence-corrected chi connectivity index (χ0v) is 13.2. The average molecular weight is 331 g/mol. The van der Waals surface area contributed by atoms with Crippen LogP contribution in [0.15, 0.2) is 48.5 Å². The van der Waals surface area contributed by atoms with Crippen LogP contribution in [0.4, 0.5) is 0 Å². The maximum absolute atomic E-state index is 12.0. The third-order valence-corrected chi connectivity index (χ3v) is 5.75. The van der Waals surface area contributed by atoms with Crippen molar-refractivity contribution >= 4 is 43.8 Å². The van der Waals surface area contributed by atoms with E-state index in [-0.39, 0.29) is 0 Å². The average Bonchev–Trinajstić information content (AvgIpc) is 2.41. The molecule has 0 radical (unpaired) electrons. The van der Waals surface area contributed by atoms with Gasteiger partial charge in [0, 0.05) is 15.8 Å². The van der Waals surface area contributed by atoms with Gasteiger partial charge in [-0.1, -0.05) is 58.3 Å². The summed E-state index contributed by atoms with van der Waals surface area (Å²) in [6, 6.07) is 15.0. The van der Waals surface area contributed by atoms with Crippen LogP contribution in [-0.4, -0.2) is 4.21 Å². The first-order chi connectivity index (χ1) is 9.13. The Kier molecular flexibility index (Phi) is 5.76. The summed E-state index contributed by atoms with van der Waals surface area (Å²) in [4.78, 5) is 0. The van der Waals surface area contributed by atoms with E-state index in [0.717, 1.165) is 21.9 Å². The third kappa shape index (κ3) is 5.19. The summed E-state index contributed by atoms with van der Waals surface area (Å²) in [7, 11) is 0.488. The Morgan fingerprint density at radius 1 is 0.842 bits per heavy atom. The van der Waals surface area contributed by atoms with Crippen LogP contribution < -0.4 is 0 Å². The summed E-state index contributed by atoms with van der Waals surface area (Å²) in [5, 5.41) is 1.42. The van der Waals surface area contributed by atoms with E-state index in [1.165, 1.54) is 10.8 Å². The summed E-state index contributed by atoms with van der Waals surface area (Å²) in [5.74, 6) is 1.26. The number of rotatable bonds is 5. The van der Waals surface area contributed by atoms with Crippen molar-refractivity contribution < 1.29 is 4.21 Å². The molecular formula is C14H12Cl2OS2. The van der Waals surface area contributed by atoms with E-state index in [2.05, 4.69) is 0 Å². The highest BCUT2D eigenvalue weighted by Crippen LogP contribution is 2.21. The van der Waals surface area contributed by atoms with Gasteiger partial charge in [0.2, 0.25) is 0 Å². The van der Waals surface area contributed by atoms with Crippen LogP contribution in [0.1, 0.15) is 11.1 Å². The molecule has 5 heteroatoms. The van der Waals surface area contributed by atoms with Gasteiger partial charge in [0.15, 0.2) is 0 Å². The lowest BCUT2D eigenvalue weighted by molar-refractivity contribution is 0.691. The smallest absolute Gasteiger partial charge is 0.0851 e. The monoisotopic (exact) mass is 330 g/mol. The highest BCUT2D eigenvalue weighted by Gasteiger charge is 2.04. The molecule has 2 aromatic rings.